The van der Waals surface area contributed by atoms with Crippen molar-refractivity contribution in [2.75, 3.05) is 19.0 Å². The summed E-state index contributed by atoms with van der Waals surface area (Å²) in [5.74, 6) is -8.58. The van der Waals surface area contributed by atoms with Crippen LogP contribution in [0, 0.1) is 0 Å². The molecule has 37 nitrogen and oxygen atoms in total. The monoisotopic (exact) mass is 1280 g/mol. The topological polar surface area (TPSA) is 564 Å². The summed E-state index contributed by atoms with van der Waals surface area (Å²) in [6.07, 6.45) is -16.3. The van der Waals surface area contributed by atoms with Crippen LogP contribution in [0.2, 0.25) is 0 Å². The number of phosphoric ester groups is 2. The number of rotatable bonds is 33. The van der Waals surface area contributed by atoms with Crippen LogP contribution in [0.5, 0.6) is 0 Å². The zero-order valence-corrected chi connectivity index (χ0v) is 48.1. The summed E-state index contributed by atoms with van der Waals surface area (Å²) in [6, 6.07) is -7.62. The van der Waals surface area contributed by atoms with Crippen LogP contribution in [0.4, 0.5) is 4.79 Å². The molecule has 0 aromatic carbocycles. The van der Waals surface area contributed by atoms with Crippen molar-refractivity contribution in [3.05, 3.63) is 33.1 Å². The lowest BCUT2D eigenvalue weighted by Gasteiger charge is -2.44. The molecule has 4 saturated heterocycles. The molecule has 0 radical (unpaired) electrons. The number of aliphatic hydroxyl groups excluding tert-OH is 4. The maximum Gasteiger partial charge on any atom is 0.483 e. The molecule has 4 aliphatic rings. The number of aromatic nitrogens is 2. The fourth-order valence-corrected chi connectivity index (χ4v) is 13.0. The molecule has 7 amide bonds. The number of unbranched alkanes of at least 4 members (excludes halogenated alkanes) is 1. The number of nitrogens with zero attached hydrogens (tertiary/aromatic N) is 1. The van der Waals surface area contributed by atoms with E-state index in [1.165, 1.54) is 0 Å². The number of ether oxygens (including phenoxy) is 3. The van der Waals surface area contributed by atoms with Gasteiger partial charge in [0, 0.05) is 43.0 Å². The molecule has 40 heteroatoms. The lowest BCUT2D eigenvalue weighted by molar-refractivity contribution is -0.261. The van der Waals surface area contributed by atoms with Crippen LogP contribution in [-0.2, 0) is 75.1 Å². The summed E-state index contributed by atoms with van der Waals surface area (Å²) in [5, 5.41) is 88.4. The Morgan fingerprint density at radius 3 is 2.00 bits per heavy atom. The molecule has 0 saturated carbocycles. The van der Waals surface area contributed by atoms with E-state index < -0.39 is 186 Å². The average molecular weight is 1280 g/mol. The molecular formula is C45H69N9O28P2S. The molecule has 19 atom stereocenters. The summed E-state index contributed by atoms with van der Waals surface area (Å²) in [5.41, 5.74) is -1.89. The quantitative estimate of drug-likeness (QED) is 0.0177. The first-order chi connectivity index (χ1) is 39.8. The predicted molar refractivity (Wildman–Crippen MR) is 282 cm³/mol. The van der Waals surface area contributed by atoms with Gasteiger partial charge in [-0.05, 0) is 52.4 Å². The number of aromatic amines is 1. The zero-order valence-electron chi connectivity index (χ0n) is 45.5. The third-order valence-electron chi connectivity index (χ3n) is 13.6. The number of amides is 7. The molecule has 0 bridgehead atoms. The molecule has 0 aliphatic carbocycles. The van der Waals surface area contributed by atoms with Crippen molar-refractivity contribution in [2.45, 2.75) is 181 Å². The number of carbonyl (C=O) groups is 9. The molecule has 5 rings (SSSR count). The molecule has 5 heterocycles. The predicted octanol–water partition coefficient (Wildman–Crippen LogP) is -5.35. The van der Waals surface area contributed by atoms with Gasteiger partial charge in [-0.3, -0.25) is 47.4 Å². The lowest BCUT2D eigenvalue weighted by atomic mass is 9.96. The van der Waals surface area contributed by atoms with Crippen molar-refractivity contribution >= 4 is 80.9 Å². The van der Waals surface area contributed by atoms with Gasteiger partial charge < -0.3 is 97.0 Å². The van der Waals surface area contributed by atoms with E-state index in [0.717, 1.165) is 45.2 Å². The number of urea groups is 1. The highest BCUT2D eigenvalue weighted by molar-refractivity contribution is 8.00. The summed E-state index contributed by atoms with van der Waals surface area (Å²) < 4.78 is 57.1. The van der Waals surface area contributed by atoms with Crippen LogP contribution in [0.1, 0.15) is 84.8 Å². The molecule has 85 heavy (non-hydrogen) atoms. The number of aliphatic hydroxyl groups is 4. The van der Waals surface area contributed by atoms with Crippen LogP contribution < -0.4 is 48.5 Å². The number of fused-ring (bicyclic) bond motifs is 1. The second kappa shape index (κ2) is 31.1. The Kier molecular flexibility index (Phi) is 25.5. The van der Waals surface area contributed by atoms with Crippen LogP contribution in [0.25, 0.3) is 0 Å². The van der Waals surface area contributed by atoms with Crippen LogP contribution in [-0.4, -0.2) is 224 Å². The van der Waals surface area contributed by atoms with Crippen molar-refractivity contribution in [3.8, 4) is 0 Å². The maximum atomic E-state index is 13.4. The second-order valence-corrected chi connectivity index (χ2v) is 24.3. The average Bonchev–Trinajstić information content (AvgIpc) is 2.56. The van der Waals surface area contributed by atoms with E-state index in [0.29, 0.717) is 17.4 Å². The smallest absolute Gasteiger partial charge is 0.480 e. The number of hydrogen-bond acceptors (Lipinski definition) is 24. The van der Waals surface area contributed by atoms with Crippen molar-refractivity contribution in [1.29, 1.82) is 0 Å². The minimum atomic E-state index is -5.96. The van der Waals surface area contributed by atoms with Gasteiger partial charge in [-0.25, -0.2) is 33.1 Å². The van der Waals surface area contributed by atoms with Gasteiger partial charge in [-0.2, -0.15) is 16.1 Å². The van der Waals surface area contributed by atoms with E-state index in [1.54, 1.807) is 11.8 Å². The maximum absolute atomic E-state index is 13.4. The zero-order chi connectivity index (χ0) is 63.2. The van der Waals surface area contributed by atoms with E-state index in [-0.39, 0.29) is 49.0 Å². The minimum Gasteiger partial charge on any atom is -0.480 e. The molecule has 1 aromatic heterocycles. The van der Waals surface area contributed by atoms with Crippen LogP contribution in [0.15, 0.2) is 21.9 Å². The van der Waals surface area contributed by atoms with E-state index in [1.807, 2.05) is 4.98 Å². The third kappa shape index (κ3) is 20.3. The van der Waals surface area contributed by atoms with Gasteiger partial charge in [0.05, 0.1) is 25.3 Å². The SMILES string of the molecule is CC(=O)N[C@H]1[C@@H](OP(=O)(O)OP(=O)(O)OC[C@H]2O[C@@H](n3ccc(=O)[nH]c3=O)[C@H](O)[C@@H]2O)O[C@H](CO)[C@@H](O)[C@@H]1O[C@H](C)C(=O)N[C@@H](C)C(=O)N[C@H](CCC(=O)N[C@@H](CCC[C@@H](NC(=O)CCCC[C@@H]1SC[C@@H]2NC(=O)N[C@@H]21)C(=O)O)C(=O)O)C(=O)O. The number of hydrogen-bond donors (Lipinski definition) is 17. The van der Waals surface area contributed by atoms with Crippen molar-refractivity contribution < 1.29 is 125 Å². The summed E-state index contributed by atoms with van der Waals surface area (Å²) in [4.78, 5) is 159. The van der Waals surface area contributed by atoms with Crippen LogP contribution in [0.3, 0.4) is 0 Å². The first kappa shape index (κ1) is 69.8. The van der Waals surface area contributed by atoms with Gasteiger partial charge in [0.2, 0.25) is 29.5 Å². The summed E-state index contributed by atoms with van der Waals surface area (Å²) >= 11 is 1.71. The number of nitrogens with one attached hydrogen (secondary N) is 8. The third-order valence-corrected chi connectivity index (χ3v) is 17.7. The molecule has 2 unspecified atom stereocenters. The number of carboxylic acid groups (broad SMARTS) is 3. The molecule has 17 N–H and O–H groups in total. The molecule has 4 aliphatic heterocycles. The van der Waals surface area contributed by atoms with Gasteiger partial charge in [0.1, 0.15) is 72.9 Å². The Bertz CT molecular complexity index is 2820. The summed E-state index contributed by atoms with van der Waals surface area (Å²) in [6.45, 7) is 0.753. The molecule has 0 spiro atoms. The minimum absolute atomic E-state index is 0.00733. The molecule has 1 aromatic rings. The molecule has 478 valence electrons. The van der Waals surface area contributed by atoms with Crippen LogP contribution >= 0.6 is 27.4 Å². The first-order valence-corrected chi connectivity index (χ1v) is 30.3. The molecular weight excluding hydrogens is 1210 g/mol. The number of H-pyrrole nitrogens is 1. The van der Waals surface area contributed by atoms with E-state index in [2.05, 4.69) is 46.1 Å². The highest BCUT2D eigenvalue weighted by atomic mass is 32.2. The second-order valence-electron chi connectivity index (χ2n) is 20.1. The Morgan fingerprint density at radius 1 is 0.776 bits per heavy atom. The van der Waals surface area contributed by atoms with Crippen molar-refractivity contribution in [1.82, 2.24) is 46.8 Å². The number of thioether (sulfide) groups is 1. The van der Waals surface area contributed by atoms with Gasteiger partial charge in [-0.15, -0.1) is 0 Å². The normalized spacial score (nSPS) is 28.5. The highest BCUT2D eigenvalue weighted by Crippen LogP contribution is 2.61. The van der Waals surface area contributed by atoms with Gasteiger partial charge in [0.15, 0.2) is 12.5 Å². The van der Waals surface area contributed by atoms with Gasteiger partial charge >= 0.3 is 45.3 Å². The van der Waals surface area contributed by atoms with E-state index >= 15 is 0 Å². The Morgan fingerprint density at radius 2 is 1.40 bits per heavy atom. The van der Waals surface area contributed by atoms with Crippen molar-refractivity contribution in [3.63, 3.8) is 0 Å². The number of phosphoric acid groups is 2. The van der Waals surface area contributed by atoms with Gasteiger partial charge in [0.25, 0.3) is 5.56 Å². The first-order valence-electron chi connectivity index (χ1n) is 26.3. The Labute approximate surface area is 485 Å². The van der Waals surface area contributed by atoms with E-state index in [4.69, 9.17) is 18.7 Å². The largest absolute Gasteiger partial charge is 0.483 e. The summed E-state index contributed by atoms with van der Waals surface area (Å²) in [7, 11) is -11.7. The molecule has 4 fully saturated rings. The highest BCUT2D eigenvalue weighted by Gasteiger charge is 2.52. The number of aliphatic carboxylic acids is 3. The fourth-order valence-electron chi connectivity index (χ4n) is 9.28. The van der Waals surface area contributed by atoms with E-state index in [9.17, 15) is 107 Å². The number of carboxylic acids is 3. The fraction of sp³-hybridized carbons (Fsp3) is 0.711. The standard InChI is InChI=1S/C45H69N9O28P2S/c1-18(37(63)50-23(42(69)70)11-12-29(58)49-22(41(67)68)8-6-7-21(40(65)66)48-28(57)10-5-4-9-27-31-24(17-85-27)51-44(71)53-31)46-38(64)19(2)78-36-32(47-20(3)56)43(80-25(15-55)34(36)61)81-84(75,76)82-83(73,74)77-16-26-33(60)35(62)39(79-26)54-14-13-30(59)52-45(54)72/h13-14,18-19,21-27,31-36,39,43,55,60-62H,4-12,15-17H2,1-3H3,(H,46,64)(H,47,56)(H,48,57)(H,49,58)(H,50,63)(H,65,66)(H,67,68)(H,69,70)(H,73,74)(H,75,76)(H2,51,53,71)(H,52,59,72)/t18-,19+,21+,22-,23+,24-,25+,26+,27-,31-,32+,33+,34+,35+,36+,39+,43+/m0/s1. The Hall–Kier alpha value is -5.96. The van der Waals surface area contributed by atoms with Gasteiger partial charge in [-0.1, -0.05) is 6.42 Å². The lowest BCUT2D eigenvalue weighted by Crippen LogP contribution is -2.66. The number of carbonyl (C=O) groups excluding carboxylic acids is 6. The Balaban J connectivity index is 1.08. The van der Waals surface area contributed by atoms with Crippen molar-refractivity contribution in [2.24, 2.45) is 0 Å².